The molecule has 0 aliphatic heterocycles. The number of benzene rings is 1. The minimum Gasteiger partial charge on any atom is -0.299 e. The van der Waals surface area contributed by atoms with Gasteiger partial charge in [0.25, 0.3) is 5.56 Å². The predicted molar refractivity (Wildman–Crippen MR) is 122 cm³/mol. The van der Waals surface area contributed by atoms with Crippen LogP contribution in [0.15, 0.2) is 62.2 Å². The number of aromatic nitrogens is 4. The zero-order chi connectivity index (χ0) is 21.8. The van der Waals surface area contributed by atoms with Crippen LogP contribution in [0.2, 0.25) is 0 Å². The van der Waals surface area contributed by atoms with Crippen LogP contribution in [-0.4, -0.2) is 24.4 Å². The second-order valence-corrected chi connectivity index (χ2v) is 7.42. The molecule has 2 aromatic heterocycles. The molecule has 0 bridgehead atoms. The summed E-state index contributed by atoms with van der Waals surface area (Å²) in [5.41, 5.74) is 4.37. The van der Waals surface area contributed by atoms with Crippen LogP contribution in [0.3, 0.4) is 0 Å². The number of halogens is 1. The molecule has 30 heavy (non-hydrogen) atoms. The van der Waals surface area contributed by atoms with Gasteiger partial charge in [0, 0.05) is 25.7 Å². The number of rotatable bonds is 6. The molecule has 8 nitrogen and oxygen atoms in total. The van der Waals surface area contributed by atoms with Gasteiger partial charge in [-0.2, -0.15) is 10.1 Å². The molecule has 0 amide bonds. The van der Waals surface area contributed by atoms with Gasteiger partial charge in [-0.25, -0.2) is 10.2 Å². The van der Waals surface area contributed by atoms with Gasteiger partial charge in [-0.15, -0.1) is 0 Å². The Bertz CT molecular complexity index is 1270. The first-order valence-corrected chi connectivity index (χ1v) is 9.69. The number of anilines is 1. The lowest BCUT2D eigenvalue weighted by molar-refractivity contribution is 0.703. The van der Waals surface area contributed by atoms with E-state index in [0.717, 1.165) is 10.1 Å². The smallest absolute Gasteiger partial charge is 0.299 e. The zero-order valence-electron chi connectivity index (χ0n) is 17.3. The van der Waals surface area contributed by atoms with E-state index in [1.165, 1.54) is 11.6 Å². The van der Waals surface area contributed by atoms with E-state index < -0.39 is 11.2 Å². The first-order valence-electron chi connectivity index (χ1n) is 9.31. The Morgan fingerprint density at radius 1 is 1.17 bits per heavy atom. The molecule has 0 fully saturated rings. The summed E-state index contributed by atoms with van der Waals surface area (Å²) in [5, 5.41) is 4.92. The van der Waals surface area contributed by atoms with E-state index in [4.69, 9.17) is 11.6 Å². The van der Waals surface area contributed by atoms with Crippen molar-refractivity contribution in [3.63, 3.8) is 0 Å². The number of hydrogen-bond acceptors (Lipinski definition) is 5. The van der Waals surface area contributed by atoms with Crippen LogP contribution in [0.1, 0.15) is 19.4 Å². The highest BCUT2D eigenvalue weighted by molar-refractivity contribution is 6.29. The minimum atomic E-state index is -0.446. The Balaban J connectivity index is 2.03. The average molecular weight is 427 g/mol. The topological polar surface area (TPSA) is 86.2 Å². The molecule has 9 heteroatoms. The van der Waals surface area contributed by atoms with Crippen molar-refractivity contribution >= 4 is 40.5 Å². The molecule has 0 unspecified atom stereocenters. The summed E-state index contributed by atoms with van der Waals surface area (Å²) < 4.78 is 4.04. The third kappa shape index (κ3) is 4.44. The van der Waals surface area contributed by atoms with Gasteiger partial charge in [0.15, 0.2) is 11.2 Å². The second kappa shape index (κ2) is 8.96. The quantitative estimate of drug-likeness (QED) is 0.484. The van der Waals surface area contributed by atoms with Crippen LogP contribution in [0.25, 0.3) is 17.2 Å². The number of hydrazone groups is 1. The van der Waals surface area contributed by atoms with Crippen LogP contribution in [-0.2, 0) is 20.6 Å². The highest BCUT2D eigenvalue weighted by Crippen LogP contribution is 2.16. The van der Waals surface area contributed by atoms with Crippen molar-refractivity contribution in [2.75, 3.05) is 5.43 Å². The lowest BCUT2D eigenvalue weighted by atomic mass is 10.2. The molecule has 0 aliphatic carbocycles. The van der Waals surface area contributed by atoms with Gasteiger partial charge in [-0.1, -0.05) is 54.1 Å². The van der Waals surface area contributed by atoms with Crippen molar-refractivity contribution in [3.05, 3.63) is 73.9 Å². The molecular weight excluding hydrogens is 404 g/mol. The van der Waals surface area contributed by atoms with Crippen molar-refractivity contribution in [3.8, 4) is 0 Å². The maximum Gasteiger partial charge on any atom is 0.332 e. The largest absolute Gasteiger partial charge is 0.332 e. The predicted octanol–water partition coefficient (Wildman–Crippen LogP) is 3.08. The second-order valence-electron chi connectivity index (χ2n) is 6.82. The van der Waals surface area contributed by atoms with Crippen molar-refractivity contribution in [2.24, 2.45) is 19.2 Å². The Morgan fingerprint density at radius 3 is 2.53 bits per heavy atom. The van der Waals surface area contributed by atoms with E-state index in [2.05, 4.69) is 15.5 Å². The van der Waals surface area contributed by atoms with Crippen LogP contribution < -0.4 is 16.7 Å². The van der Waals surface area contributed by atoms with E-state index >= 15 is 0 Å². The Kier molecular flexibility index (Phi) is 6.37. The number of allylic oxidation sites excluding steroid dienone is 3. The monoisotopic (exact) mass is 426 g/mol. The number of aryl methyl sites for hydroxylation is 1. The first-order chi connectivity index (χ1) is 14.3. The fourth-order valence-corrected chi connectivity index (χ4v) is 2.95. The molecule has 0 atom stereocenters. The maximum atomic E-state index is 12.7. The summed E-state index contributed by atoms with van der Waals surface area (Å²) in [4.78, 5) is 29.4. The maximum absolute atomic E-state index is 12.7. The molecule has 0 saturated heterocycles. The zero-order valence-corrected chi connectivity index (χ0v) is 18.0. The molecule has 0 saturated carbocycles. The first kappa shape index (κ1) is 21.3. The number of imidazole rings is 1. The summed E-state index contributed by atoms with van der Waals surface area (Å²) in [6.07, 6.45) is 5.57. The van der Waals surface area contributed by atoms with Gasteiger partial charge < -0.3 is 0 Å². The summed E-state index contributed by atoms with van der Waals surface area (Å²) in [6, 6.07) is 9.87. The van der Waals surface area contributed by atoms with Crippen LogP contribution in [0.4, 0.5) is 5.95 Å². The summed E-state index contributed by atoms with van der Waals surface area (Å²) >= 11 is 5.98. The molecule has 0 radical (unpaired) electrons. The molecule has 3 rings (SSSR count). The number of nitrogens with zero attached hydrogens (tertiary/aromatic N) is 5. The Labute approximate surface area is 178 Å². The number of nitrogens with one attached hydrogen (secondary N) is 1. The van der Waals surface area contributed by atoms with E-state index in [9.17, 15) is 9.59 Å². The minimum absolute atomic E-state index is 0.277. The molecule has 3 aromatic rings. The SMILES string of the molecule is CC(Cl)=CCn1c(NN=C(C)C=Cc2ccccc2)nc2c1c(=O)n(C)c(=O)n2C. The van der Waals surface area contributed by atoms with Crippen LogP contribution in [0.5, 0.6) is 0 Å². The molecule has 0 aliphatic rings. The summed E-state index contributed by atoms with van der Waals surface area (Å²) in [6.45, 7) is 3.89. The van der Waals surface area contributed by atoms with Gasteiger partial charge in [0.05, 0.1) is 5.71 Å². The van der Waals surface area contributed by atoms with Gasteiger partial charge in [-0.05, 0) is 25.5 Å². The lowest BCUT2D eigenvalue weighted by Crippen LogP contribution is -2.37. The van der Waals surface area contributed by atoms with Crippen LogP contribution in [0, 0.1) is 0 Å². The Morgan fingerprint density at radius 2 is 1.87 bits per heavy atom. The normalized spacial score (nSPS) is 12.8. The van der Waals surface area contributed by atoms with E-state index in [1.807, 2.05) is 49.4 Å². The van der Waals surface area contributed by atoms with Gasteiger partial charge in [-0.3, -0.25) is 18.5 Å². The fraction of sp³-hybridized carbons (Fsp3) is 0.238. The molecule has 156 valence electrons. The van der Waals surface area contributed by atoms with Crippen LogP contribution >= 0.6 is 11.6 Å². The average Bonchev–Trinajstić information content (AvgIpc) is 3.11. The molecule has 0 spiro atoms. The lowest BCUT2D eigenvalue weighted by Gasteiger charge is -2.07. The Hall–Kier alpha value is -3.39. The summed E-state index contributed by atoms with van der Waals surface area (Å²) in [5.74, 6) is 0.338. The van der Waals surface area contributed by atoms with Crippen molar-refractivity contribution in [2.45, 2.75) is 20.4 Å². The van der Waals surface area contributed by atoms with E-state index in [1.54, 1.807) is 24.6 Å². The third-order valence-electron chi connectivity index (χ3n) is 4.55. The highest BCUT2D eigenvalue weighted by atomic mass is 35.5. The van der Waals surface area contributed by atoms with Crippen molar-refractivity contribution in [1.29, 1.82) is 0 Å². The molecule has 2 heterocycles. The fourth-order valence-electron chi connectivity index (χ4n) is 2.88. The molecular formula is C21H23ClN6O2. The molecule has 1 N–H and O–H groups in total. The highest BCUT2D eigenvalue weighted by Gasteiger charge is 2.18. The number of hydrogen-bond donors (Lipinski definition) is 1. The van der Waals surface area contributed by atoms with E-state index in [0.29, 0.717) is 28.8 Å². The third-order valence-corrected chi connectivity index (χ3v) is 4.71. The summed E-state index contributed by atoms with van der Waals surface area (Å²) in [7, 11) is 3.01. The van der Waals surface area contributed by atoms with Gasteiger partial charge in [0.2, 0.25) is 5.95 Å². The van der Waals surface area contributed by atoms with Crippen molar-refractivity contribution in [1.82, 2.24) is 18.7 Å². The van der Waals surface area contributed by atoms with E-state index in [-0.39, 0.29) is 5.65 Å². The van der Waals surface area contributed by atoms with Crippen molar-refractivity contribution < 1.29 is 0 Å². The van der Waals surface area contributed by atoms with Gasteiger partial charge in [0.1, 0.15) is 0 Å². The van der Waals surface area contributed by atoms with Gasteiger partial charge >= 0.3 is 5.69 Å². The number of fused-ring (bicyclic) bond motifs is 1. The molecule has 1 aromatic carbocycles. The standard InChI is InChI=1S/C21H23ClN6O2/c1-14(22)12-13-28-17-18(26(3)21(30)27(4)19(17)29)23-20(28)25-24-15(2)10-11-16-8-6-5-7-9-16/h5-12H,13H2,1-4H3,(H,23,25).